The number of cyclic esters (lactones) is 1. The number of ether oxygens (including phenoxy) is 7. The molecule has 5 rings (SSSR count). The van der Waals surface area contributed by atoms with Gasteiger partial charge in [-0.1, -0.05) is 49.5 Å². The highest BCUT2D eigenvalue weighted by Gasteiger charge is 2.61. The van der Waals surface area contributed by atoms with Gasteiger partial charge in [0.1, 0.15) is 18.2 Å². The number of hydrogen-bond acceptors (Lipinski definition) is 10. The summed E-state index contributed by atoms with van der Waals surface area (Å²) in [5.74, 6) is 3.79. The highest BCUT2D eigenvalue weighted by Crippen LogP contribution is 2.44. The van der Waals surface area contributed by atoms with Gasteiger partial charge in [-0.3, -0.25) is 4.79 Å². The van der Waals surface area contributed by atoms with E-state index in [2.05, 4.69) is 17.2 Å². The van der Waals surface area contributed by atoms with Gasteiger partial charge in [-0.2, -0.15) is 0 Å². The average Bonchev–Trinajstić information content (AvgIpc) is 3.75. The second-order valence-corrected chi connectivity index (χ2v) is 13.6. The Morgan fingerprint density at radius 2 is 1.87 bits per heavy atom. The van der Waals surface area contributed by atoms with Gasteiger partial charge in [0.05, 0.1) is 30.8 Å². The van der Waals surface area contributed by atoms with E-state index in [-0.39, 0.29) is 24.4 Å². The van der Waals surface area contributed by atoms with E-state index in [1.165, 1.54) is 20.0 Å². The number of aliphatic hydroxyl groups is 1. The number of fused-ring (bicyclic) bond motifs is 3. The average molecular weight is 644 g/mol. The summed E-state index contributed by atoms with van der Waals surface area (Å²) in [7, 11) is 3.15. The molecule has 0 aromatic heterocycles. The summed E-state index contributed by atoms with van der Waals surface area (Å²) >= 11 is 0. The van der Waals surface area contributed by atoms with Gasteiger partial charge in [0.25, 0.3) is 0 Å². The Labute approximate surface area is 272 Å². The van der Waals surface area contributed by atoms with Crippen molar-refractivity contribution in [1.29, 1.82) is 0 Å². The van der Waals surface area contributed by atoms with Crippen LogP contribution in [0.1, 0.15) is 66.7 Å². The van der Waals surface area contributed by atoms with Crippen molar-refractivity contribution in [2.24, 2.45) is 17.8 Å². The van der Waals surface area contributed by atoms with Crippen LogP contribution in [-0.2, 0) is 38.0 Å². The van der Waals surface area contributed by atoms with Gasteiger partial charge in [0.2, 0.25) is 0 Å². The first kappa shape index (κ1) is 34.6. The van der Waals surface area contributed by atoms with Crippen molar-refractivity contribution in [3.63, 3.8) is 0 Å². The van der Waals surface area contributed by atoms with Crippen molar-refractivity contribution in [3.05, 3.63) is 36.0 Å². The topological polar surface area (TPSA) is 131 Å². The molecular formula is C35H49NO10. The maximum atomic E-state index is 13.3. The summed E-state index contributed by atoms with van der Waals surface area (Å²) in [5.41, 5.74) is -0.0574. The second-order valence-electron chi connectivity index (χ2n) is 13.6. The van der Waals surface area contributed by atoms with Gasteiger partial charge < -0.3 is 43.6 Å². The molecule has 11 heteroatoms. The molecule has 2 bridgehead atoms. The number of nitrogens with one attached hydrogen (secondary N) is 1. The minimum absolute atomic E-state index is 0.0231. The SMILES string of the molecule is CO[C@H]1/C=C(\C)C[C@@H](/C=C/C=C/C#CC2CC2)OC(=O)C[C@@]2(O)C[C@@H](O[C@H]3O[C@H](C)[C@@H]4NC(=O)O[C@]4(C)[C@@H]3OC)[C@H](C)C(O2)[C@H]1C. The van der Waals surface area contributed by atoms with Crippen LogP contribution < -0.4 is 5.32 Å². The van der Waals surface area contributed by atoms with Crippen molar-refractivity contribution in [3.8, 4) is 11.8 Å². The Bertz CT molecular complexity index is 1280. The normalized spacial score (nSPS) is 44.5. The molecule has 254 valence electrons. The molecule has 1 unspecified atom stereocenters. The predicted molar refractivity (Wildman–Crippen MR) is 167 cm³/mol. The van der Waals surface area contributed by atoms with Gasteiger partial charge in [0.15, 0.2) is 17.7 Å². The molecule has 0 aromatic rings. The summed E-state index contributed by atoms with van der Waals surface area (Å²) in [6, 6.07) is -0.437. The maximum absolute atomic E-state index is 13.3. The van der Waals surface area contributed by atoms with E-state index < -0.39 is 72.7 Å². The van der Waals surface area contributed by atoms with Crippen LogP contribution in [0.15, 0.2) is 36.0 Å². The maximum Gasteiger partial charge on any atom is 0.408 e. The number of esters is 1. The zero-order valence-corrected chi connectivity index (χ0v) is 27.9. The van der Waals surface area contributed by atoms with Gasteiger partial charge in [0, 0.05) is 44.8 Å². The molecule has 1 aliphatic carbocycles. The van der Waals surface area contributed by atoms with E-state index in [0.717, 1.165) is 5.57 Å². The summed E-state index contributed by atoms with van der Waals surface area (Å²) in [6.07, 6.45) is 6.88. The van der Waals surface area contributed by atoms with Crippen LogP contribution in [0.4, 0.5) is 4.79 Å². The first-order chi connectivity index (χ1) is 21.9. The number of allylic oxidation sites excluding steroid dienone is 3. The first-order valence-corrected chi connectivity index (χ1v) is 16.3. The third kappa shape index (κ3) is 7.70. The number of alkyl carbamates (subject to hydrolysis) is 1. The Hall–Kier alpha value is -2.72. The zero-order chi connectivity index (χ0) is 33.2. The number of carbonyl (C=O) groups is 2. The van der Waals surface area contributed by atoms with Crippen LogP contribution in [0.3, 0.4) is 0 Å². The van der Waals surface area contributed by atoms with Crippen LogP contribution in [0.25, 0.3) is 0 Å². The van der Waals surface area contributed by atoms with Crippen molar-refractivity contribution in [2.45, 2.75) is 127 Å². The Balaban J connectivity index is 1.38. The van der Waals surface area contributed by atoms with Crippen molar-refractivity contribution >= 4 is 12.1 Å². The van der Waals surface area contributed by atoms with E-state index in [9.17, 15) is 14.7 Å². The van der Waals surface area contributed by atoms with E-state index in [1.807, 2.05) is 52.0 Å². The molecule has 11 nitrogen and oxygen atoms in total. The molecule has 5 aliphatic rings. The van der Waals surface area contributed by atoms with E-state index >= 15 is 0 Å². The number of methoxy groups -OCH3 is 2. The zero-order valence-electron chi connectivity index (χ0n) is 27.9. The molecule has 4 heterocycles. The van der Waals surface area contributed by atoms with Gasteiger partial charge in [-0.25, -0.2) is 4.79 Å². The lowest BCUT2D eigenvalue weighted by atomic mass is 9.79. The van der Waals surface area contributed by atoms with Crippen LogP contribution in [-0.4, -0.2) is 91.7 Å². The molecule has 12 atom stereocenters. The molecule has 0 aromatic carbocycles. The molecular weight excluding hydrogens is 594 g/mol. The summed E-state index contributed by atoms with van der Waals surface area (Å²) < 4.78 is 42.5. The molecule has 1 saturated carbocycles. The largest absolute Gasteiger partial charge is 0.458 e. The Morgan fingerprint density at radius 1 is 1.11 bits per heavy atom. The molecule has 1 amide bonds. The third-order valence-corrected chi connectivity index (χ3v) is 9.84. The fraction of sp³-hybridized carbons (Fsp3) is 0.714. The van der Waals surface area contributed by atoms with E-state index in [4.69, 9.17) is 33.2 Å². The number of hydrogen-bond donors (Lipinski definition) is 2. The minimum Gasteiger partial charge on any atom is -0.458 e. The van der Waals surface area contributed by atoms with Gasteiger partial charge >= 0.3 is 12.1 Å². The second kappa shape index (κ2) is 14.2. The van der Waals surface area contributed by atoms with Crippen molar-refractivity contribution < 1.29 is 47.9 Å². The van der Waals surface area contributed by atoms with Gasteiger partial charge in [-0.05, 0) is 45.8 Å². The number of amides is 1. The smallest absolute Gasteiger partial charge is 0.408 e. The highest BCUT2D eigenvalue weighted by atomic mass is 16.7. The van der Waals surface area contributed by atoms with Gasteiger partial charge in [-0.15, -0.1) is 0 Å². The number of rotatable bonds is 6. The third-order valence-electron chi connectivity index (χ3n) is 9.84. The minimum atomic E-state index is -1.88. The summed E-state index contributed by atoms with van der Waals surface area (Å²) in [5, 5.41) is 14.7. The first-order valence-electron chi connectivity index (χ1n) is 16.3. The summed E-state index contributed by atoms with van der Waals surface area (Å²) in [6.45, 7) is 9.60. The lowest BCUT2D eigenvalue weighted by Gasteiger charge is -2.51. The predicted octanol–water partition coefficient (Wildman–Crippen LogP) is 3.94. The van der Waals surface area contributed by atoms with E-state index in [1.54, 1.807) is 20.1 Å². The Morgan fingerprint density at radius 3 is 2.57 bits per heavy atom. The molecule has 4 fully saturated rings. The molecule has 2 N–H and O–H groups in total. The lowest BCUT2D eigenvalue weighted by molar-refractivity contribution is -0.348. The van der Waals surface area contributed by atoms with Crippen molar-refractivity contribution in [1.82, 2.24) is 5.32 Å². The van der Waals surface area contributed by atoms with E-state index in [0.29, 0.717) is 12.3 Å². The standard InChI is InChI=1S/C35H49NO10/c1-20-16-25(13-11-9-8-10-12-24-14-15-24)43-28(37)19-35(39)18-27(22(3)29(45-35)21(2)26(17-20)40-6)44-32-31(41-7)34(5)30(23(4)42-32)36-33(38)46-34/h8-9,11,13,17,21-27,29-32,39H,14-16,18-19H2,1-7H3,(H,36,38)/b9-8+,13-11+,20-17+/t21-,22-,23+,25+,26-,27+,29?,30-,31+,32+,34-,35+/m0/s1. The fourth-order valence-electron chi connectivity index (χ4n) is 7.18. The van der Waals surface area contributed by atoms with Crippen LogP contribution in [0, 0.1) is 29.6 Å². The molecule has 3 saturated heterocycles. The molecule has 0 radical (unpaired) electrons. The monoisotopic (exact) mass is 643 g/mol. The molecule has 0 spiro atoms. The van der Waals surface area contributed by atoms with Crippen LogP contribution >= 0.6 is 0 Å². The molecule has 46 heavy (non-hydrogen) atoms. The quantitative estimate of drug-likeness (QED) is 0.190. The highest BCUT2D eigenvalue weighted by molar-refractivity contribution is 5.72. The lowest BCUT2D eigenvalue weighted by Crippen LogP contribution is -2.67. The van der Waals surface area contributed by atoms with Crippen LogP contribution in [0.2, 0.25) is 0 Å². The van der Waals surface area contributed by atoms with Crippen molar-refractivity contribution in [2.75, 3.05) is 14.2 Å². The Kier molecular flexibility index (Phi) is 10.7. The summed E-state index contributed by atoms with van der Waals surface area (Å²) in [4.78, 5) is 25.6. The fourth-order valence-corrected chi connectivity index (χ4v) is 7.18. The van der Waals surface area contributed by atoms with Crippen LogP contribution in [0.5, 0.6) is 0 Å². The molecule has 4 aliphatic heterocycles. The number of carbonyl (C=O) groups excluding carboxylic acids is 2.